The summed E-state index contributed by atoms with van der Waals surface area (Å²) in [7, 11) is 1.91. The summed E-state index contributed by atoms with van der Waals surface area (Å²) in [6, 6.07) is 0. The number of hydrogen-bond donors (Lipinski definition) is 0. The lowest BCUT2D eigenvalue weighted by Crippen LogP contribution is -2.11. The quantitative estimate of drug-likeness (QED) is 0.526. The maximum atomic E-state index is 10.7. The van der Waals surface area contributed by atoms with Gasteiger partial charge in [0.05, 0.1) is 0 Å². The molecule has 2 nitrogen and oxygen atoms in total. The summed E-state index contributed by atoms with van der Waals surface area (Å²) in [4.78, 5) is 12.6. The molecule has 0 bridgehead atoms. The lowest BCUT2D eigenvalue weighted by atomic mass is 10.2. The number of ketones is 1. The Kier molecular flexibility index (Phi) is 2.26. The molecule has 0 amide bonds. The fourth-order valence-corrected chi connectivity index (χ4v) is 0.895. The Morgan fingerprint density at radius 2 is 2.27 bits per heavy atom. The summed E-state index contributed by atoms with van der Waals surface area (Å²) in [5.74, 6) is 0.0757. The molecule has 1 aliphatic heterocycles. The molecule has 11 heavy (non-hydrogen) atoms. The van der Waals surface area contributed by atoms with Crippen LogP contribution in [-0.2, 0) is 4.79 Å². The zero-order chi connectivity index (χ0) is 8.27. The van der Waals surface area contributed by atoms with Crippen molar-refractivity contribution in [1.82, 2.24) is 4.90 Å². The molecule has 0 unspecified atom stereocenters. The number of carbonyl (C=O) groups excluding carboxylic acids is 1. The van der Waals surface area contributed by atoms with Crippen molar-refractivity contribution in [3.8, 4) is 0 Å². The van der Waals surface area contributed by atoms with E-state index in [4.69, 9.17) is 0 Å². The first-order valence-corrected chi connectivity index (χ1v) is 3.50. The van der Waals surface area contributed by atoms with Crippen LogP contribution in [0.5, 0.6) is 0 Å². The predicted molar refractivity (Wildman–Crippen MR) is 44.8 cm³/mol. The van der Waals surface area contributed by atoms with Gasteiger partial charge in [0.1, 0.15) is 0 Å². The molecule has 0 radical (unpaired) electrons. The van der Waals surface area contributed by atoms with Crippen molar-refractivity contribution in [3.63, 3.8) is 0 Å². The third-order valence-electron chi connectivity index (χ3n) is 1.45. The molecule has 1 aliphatic rings. The molecule has 0 N–H and O–H groups in total. The summed E-state index contributed by atoms with van der Waals surface area (Å²) in [5.41, 5.74) is 0.931. The summed E-state index contributed by atoms with van der Waals surface area (Å²) >= 11 is 0. The topological polar surface area (TPSA) is 20.3 Å². The Bertz CT molecular complexity index is 248. The minimum atomic E-state index is 0.0757. The normalized spacial score (nSPS) is 19.5. The van der Waals surface area contributed by atoms with Crippen LogP contribution in [0, 0.1) is 0 Å². The van der Waals surface area contributed by atoms with Crippen molar-refractivity contribution in [2.45, 2.75) is 6.92 Å². The highest BCUT2D eigenvalue weighted by Crippen LogP contribution is 2.08. The van der Waals surface area contributed by atoms with Gasteiger partial charge in [0.25, 0.3) is 0 Å². The molecule has 0 spiro atoms. The fraction of sp³-hybridized carbons (Fsp3) is 0.222. The highest BCUT2D eigenvalue weighted by atomic mass is 16.1. The van der Waals surface area contributed by atoms with E-state index in [1.54, 1.807) is 13.0 Å². The zero-order valence-corrected chi connectivity index (χ0v) is 6.74. The predicted octanol–water partition coefficient (Wildman–Crippen LogP) is 1.47. The second-order valence-electron chi connectivity index (χ2n) is 2.49. The number of carbonyl (C=O) groups is 1. The van der Waals surface area contributed by atoms with Gasteiger partial charge in [-0.15, -0.1) is 0 Å². The van der Waals surface area contributed by atoms with E-state index < -0.39 is 0 Å². The van der Waals surface area contributed by atoms with Gasteiger partial charge in [0, 0.05) is 25.0 Å². The van der Waals surface area contributed by atoms with Crippen molar-refractivity contribution >= 4 is 5.78 Å². The van der Waals surface area contributed by atoms with Crippen molar-refractivity contribution in [1.29, 1.82) is 0 Å². The van der Waals surface area contributed by atoms with E-state index in [2.05, 4.69) is 0 Å². The first-order chi connectivity index (χ1) is 5.20. The van der Waals surface area contributed by atoms with Crippen LogP contribution in [0.4, 0.5) is 0 Å². The Labute approximate surface area is 66.5 Å². The molecule has 0 saturated heterocycles. The van der Waals surface area contributed by atoms with E-state index >= 15 is 0 Å². The van der Waals surface area contributed by atoms with Crippen LogP contribution < -0.4 is 0 Å². The molecule has 1 heterocycles. The summed E-state index contributed by atoms with van der Waals surface area (Å²) in [6.45, 7) is 1.55. The molecule has 0 aliphatic carbocycles. The summed E-state index contributed by atoms with van der Waals surface area (Å²) < 4.78 is 0. The van der Waals surface area contributed by atoms with Gasteiger partial charge in [-0.05, 0) is 19.1 Å². The number of likely N-dealkylation sites (N-methyl/N-ethyl adjacent to an activating group) is 1. The number of nitrogens with zero attached hydrogens (tertiary/aromatic N) is 1. The molecule has 0 atom stereocenters. The van der Waals surface area contributed by atoms with E-state index in [-0.39, 0.29) is 5.78 Å². The van der Waals surface area contributed by atoms with E-state index in [1.165, 1.54) is 0 Å². The monoisotopic (exact) mass is 149 g/mol. The van der Waals surface area contributed by atoms with E-state index in [9.17, 15) is 4.79 Å². The summed E-state index contributed by atoms with van der Waals surface area (Å²) in [6.07, 6.45) is 9.27. The maximum absolute atomic E-state index is 10.7. The summed E-state index contributed by atoms with van der Waals surface area (Å²) in [5, 5.41) is 0. The SMILES string of the molecule is CC(=O)/C=C1\C=CC=CN1C. The molecule has 0 aromatic carbocycles. The smallest absolute Gasteiger partial charge is 0.154 e. The number of hydrogen-bond acceptors (Lipinski definition) is 2. The molecule has 0 aromatic heterocycles. The van der Waals surface area contributed by atoms with Crippen molar-refractivity contribution in [2.75, 3.05) is 7.05 Å². The van der Waals surface area contributed by atoms with Crippen molar-refractivity contribution < 1.29 is 4.79 Å². The number of allylic oxidation sites excluding steroid dienone is 4. The Hall–Kier alpha value is -1.31. The van der Waals surface area contributed by atoms with Gasteiger partial charge < -0.3 is 4.90 Å². The standard InChI is InChI=1S/C9H11NO/c1-8(11)7-9-5-3-4-6-10(9)2/h3-7H,1-2H3/b9-7+. The molecule has 0 fully saturated rings. The maximum Gasteiger partial charge on any atom is 0.154 e. The van der Waals surface area contributed by atoms with Gasteiger partial charge in [0.2, 0.25) is 0 Å². The number of rotatable bonds is 1. The lowest BCUT2D eigenvalue weighted by Gasteiger charge is -2.16. The third kappa shape index (κ3) is 2.08. The molecular formula is C9H11NO. The Morgan fingerprint density at radius 3 is 2.82 bits per heavy atom. The van der Waals surface area contributed by atoms with E-state index in [0.29, 0.717) is 0 Å². The lowest BCUT2D eigenvalue weighted by molar-refractivity contribution is -0.112. The average Bonchev–Trinajstić information content (AvgIpc) is 1.93. The van der Waals surface area contributed by atoms with Crippen LogP contribution in [0.15, 0.2) is 36.2 Å². The Balaban J connectivity index is 2.81. The minimum Gasteiger partial charge on any atom is -0.351 e. The van der Waals surface area contributed by atoms with Gasteiger partial charge in [-0.2, -0.15) is 0 Å². The second-order valence-corrected chi connectivity index (χ2v) is 2.49. The van der Waals surface area contributed by atoms with E-state index in [0.717, 1.165) is 5.70 Å². The zero-order valence-electron chi connectivity index (χ0n) is 6.74. The van der Waals surface area contributed by atoms with Crippen LogP contribution in [0.25, 0.3) is 0 Å². The van der Waals surface area contributed by atoms with Crippen LogP contribution in [0.3, 0.4) is 0 Å². The van der Waals surface area contributed by atoms with Gasteiger partial charge in [0.15, 0.2) is 5.78 Å². The van der Waals surface area contributed by atoms with Crippen LogP contribution in [-0.4, -0.2) is 17.7 Å². The second kappa shape index (κ2) is 3.19. The van der Waals surface area contributed by atoms with Crippen LogP contribution in [0.1, 0.15) is 6.92 Å². The highest BCUT2D eigenvalue weighted by molar-refractivity contribution is 5.88. The minimum absolute atomic E-state index is 0.0757. The van der Waals surface area contributed by atoms with Crippen LogP contribution >= 0.6 is 0 Å². The van der Waals surface area contributed by atoms with Gasteiger partial charge in [-0.25, -0.2) is 0 Å². The van der Waals surface area contributed by atoms with Gasteiger partial charge in [-0.3, -0.25) is 4.79 Å². The Morgan fingerprint density at radius 1 is 1.55 bits per heavy atom. The third-order valence-corrected chi connectivity index (χ3v) is 1.45. The van der Waals surface area contributed by atoms with Crippen LogP contribution in [0.2, 0.25) is 0 Å². The highest BCUT2D eigenvalue weighted by Gasteiger charge is 2.00. The molecule has 0 aromatic rings. The van der Waals surface area contributed by atoms with Gasteiger partial charge >= 0.3 is 0 Å². The van der Waals surface area contributed by atoms with E-state index in [1.807, 2.05) is 36.4 Å². The molecular weight excluding hydrogens is 138 g/mol. The van der Waals surface area contributed by atoms with Gasteiger partial charge in [-0.1, -0.05) is 6.08 Å². The molecule has 1 rings (SSSR count). The largest absolute Gasteiger partial charge is 0.351 e. The van der Waals surface area contributed by atoms with Crippen molar-refractivity contribution in [2.24, 2.45) is 0 Å². The molecule has 58 valence electrons. The first kappa shape index (κ1) is 7.79. The van der Waals surface area contributed by atoms with Crippen molar-refractivity contribution in [3.05, 3.63) is 36.2 Å². The fourth-order valence-electron chi connectivity index (χ4n) is 0.895. The first-order valence-electron chi connectivity index (χ1n) is 3.50. The average molecular weight is 149 g/mol. The molecule has 0 saturated carbocycles. The molecule has 2 heteroatoms.